The minimum Gasteiger partial charge on any atom is -0.452 e. The molecule has 1 amide bonds. The van der Waals surface area contributed by atoms with Crippen molar-refractivity contribution in [3.63, 3.8) is 0 Å². The summed E-state index contributed by atoms with van der Waals surface area (Å²) in [6.07, 6.45) is 0. The molecule has 0 unspecified atom stereocenters. The molecule has 0 spiro atoms. The van der Waals surface area contributed by atoms with Crippen molar-refractivity contribution < 1.29 is 27.2 Å². The van der Waals surface area contributed by atoms with E-state index in [0.29, 0.717) is 33.6 Å². The molecule has 0 atom stereocenters. The van der Waals surface area contributed by atoms with Crippen LogP contribution in [0.5, 0.6) is 0 Å². The summed E-state index contributed by atoms with van der Waals surface area (Å²) in [4.78, 5) is 29.8. The van der Waals surface area contributed by atoms with Crippen molar-refractivity contribution in [3.05, 3.63) is 90.5 Å². The zero-order valence-corrected chi connectivity index (χ0v) is 19.5. The summed E-state index contributed by atoms with van der Waals surface area (Å²) in [7, 11) is -3.84. The molecule has 1 heterocycles. The highest BCUT2D eigenvalue weighted by Gasteiger charge is 2.19. The van der Waals surface area contributed by atoms with Crippen molar-refractivity contribution in [3.8, 4) is 11.5 Å². The van der Waals surface area contributed by atoms with Gasteiger partial charge in [-0.3, -0.25) is 4.79 Å². The second kappa shape index (κ2) is 9.25. The number of benzene rings is 4. The van der Waals surface area contributed by atoms with E-state index in [2.05, 4.69) is 10.3 Å². The zero-order valence-electron chi connectivity index (χ0n) is 18.7. The molecule has 9 nitrogen and oxygen atoms in total. The standard InChI is InChI=1S/C26H19N3O6S/c27-36(32,33)18-13-11-17(12-14-18)28-23(30)15-34-26(31)20-8-4-6-16-5-3-7-19(24(16)20)25-29-21-9-1-2-10-22(21)35-25/h1-14H,15H2,(H,28,30)(H2,27,32,33). The molecule has 4 aromatic carbocycles. The lowest BCUT2D eigenvalue weighted by molar-refractivity contribution is -0.119. The average molecular weight is 502 g/mol. The van der Waals surface area contributed by atoms with Gasteiger partial charge in [0.05, 0.1) is 10.5 Å². The summed E-state index contributed by atoms with van der Waals surface area (Å²) >= 11 is 0. The van der Waals surface area contributed by atoms with E-state index >= 15 is 0 Å². The van der Waals surface area contributed by atoms with Crippen LogP contribution < -0.4 is 10.5 Å². The van der Waals surface area contributed by atoms with Gasteiger partial charge in [-0.05, 0) is 53.9 Å². The van der Waals surface area contributed by atoms with Gasteiger partial charge >= 0.3 is 5.97 Å². The largest absolute Gasteiger partial charge is 0.452 e. The number of sulfonamides is 1. The molecule has 0 fully saturated rings. The topological polar surface area (TPSA) is 142 Å². The van der Waals surface area contributed by atoms with Crippen molar-refractivity contribution in [2.45, 2.75) is 4.90 Å². The first kappa shape index (κ1) is 23.2. The Hall–Kier alpha value is -4.54. The minimum atomic E-state index is -3.84. The fraction of sp³-hybridized carbons (Fsp3) is 0.0385. The third kappa shape index (κ3) is 4.67. The first-order valence-electron chi connectivity index (χ1n) is 10.8. The third-order valence-electron chi connectivity index (χ3n) is 5.45. The molecule has 0 saturated heterocycles. The number of oxazole rings is 1. The van der Waals surface area contributed by atoms with Crippen molar-refractivity contribution in [2.24, 2.45) is 5.14 Å². The van der Waals surface area contributed by atoms with Crippen LogP contribution in [0.4, 0.5) is 5.69 Å². The number of anilines is 1. The van der Waals surface area contributed by atoms with Crippen LogP contribution in [0.15, 0.2) is 94.2 Å². The number of hydrogen-bond acceptors (Lipinski definition) is 7. The molecule has 5 aromatic rings. The molecule has 0 aliphatic carbocycles. The molecule has 36 heavy (non-hydrogen) atoms. The predicted octanol–water partition coefficient (Wildman–Crippen LogP) is 4.09. The van der Waals surface area contributed by atoms with Crippen molar-refractivity contribution in [1.29, 1.82) is 0 Å². The molecule has 3 N–H and O–H groups in total. The van der Waals surface area contributed by atoms with Gasteiger partial charge in [0.15, 0.2) is 12.2 Å². The van der Waals surface area contributed by atoms with Gasteiger partial charge in [0.2, 0.25) is 15.9 Å². The Balaban J connectivity index is 1.37. The van der Waals surface area contributed by atoms with E-state index in [-0.39, 0.29) is 10.5 Å². The van der Waals surface area contributed by atoms with Crippen LogP contribution in [-0.2, 0) is 19.6 Å². The first-order chi connectivity index (χ1) is 17.3. The first-order valence-corrected chi connectivity index (χ1v) is 12.3. The van der Waals surface area contributed by atoms with Gasteiger partial charge < -0.3 is 14.5 Å². The van der Waals surface area contributed by atoms with Crippen molar-refractivity contribution >= 4 is 49.5 Å². The molecule has 0 bridgehead atoms. The van der Waals surface area contributed by atoms with Gasteiger partial charge in [0.25, 0.3) is 5.91 Å². The van der Waals surface area contributed by atoms with Crippen LogP contribution in [0, 0.1) is 0 Å². The number of hydrogen-bond donors (Lipinski definition) is 2. The van der Waals surface area contributed by atoms with E-state index in [4.69, 9.17) is 14.3 Å². The molecule has 5 rings (SSSR count). The van der Waals surface area contributed by atoms with E-state index in [9.17, 15) is 18.0 Å². The highest BCUT2D eigenvalue weighted by Crippen LogP contribution is 2.33. The fourth-order valence-electron chi connectivity index (χ4n) is 3.81. The maximum absolute atomic E-state index is 13.0. The molecular formula is C26H19N3O6S. The van der Waals surface area contributed by atoms with Crippen LogP contribution in [0.1, 0.15) is 10.4 Å². The SMILES string of the molecule is NS(=O)(=O)c1ccc(NC(=O)COC(=O)c2cccc3cccc(-c4nc5ccccc5o4)c23)cc1. The van der Waals surface area contributed by atoms with E-state index in [1.54, 1.807) is 12.1 Å². The number of esters is 1. The van der Waals surface area contributed by atoms with Gasteiger partial charge in [-0.2, -0.15) is 0 Å². The Labute approximate surface area is 205 Å². The van der Waals surface area contributed by atoms with Crippen LogP contribution >= 0.6 is 0 Å². The third-order valence-corrected chi connectivity index (χ3v) is 6.38. The Morgan fingerprint density at radius 3 is 2.36 bits per heavy atom. The Morgan fingerprint density at radius 1 is 0.917 bits per heavy atom. The summed E-state index contributed by atoms with van der Waals surface area (Å²) in [5.74, 6) is -0.919. The Kier molecular flexibility index (Phi) is 5.96. The summed E-state index contributed by atoms with van der Waals surface area (Å²) < 4.78 is 33.9. The highest BCUT2D eigenvalue weighted by atomic mass is 32.2. The zero-order chi connectivity index (χ0) is 25.3. The number of rotatable bonds is 6. The van der Waals surface area contributed by atoms with Gasteiger partial charge in [-0.15, -0.1) is 0 Å². The Morgan fingerprint density at radius 2 is 1.64 bits per heavy atom. The molecular weight excluding hydrogens is 482 g/mol. The number of carbonyl (C=O) groups is 2. The molecule has 0 aliphatic heterocycles. The number of amides is 1. The summed E-state index contributed by atoms with van der Waals surface area (Å²) in [6.45, 7) is -0.544. The number of nitrogens with one attached hydrogen (secondary N) is 1. The molecule has 180 valence electrons. The van der Waals surface area contributed by atoms with E-state index in [1.165, 1.54) is 24.3 Å². The lowest BCUT2D eigenvalue weighted by atomic mass is 9.99. The van der Waals surface area contributed by atoms with Gasteiger partial charge in [-0.1, -0.05) is 36.4 Å². The van der Waals surface area contributed by atoms with E-state index < -0.39 is 28.5 Å². The number of nitrogens with zero attached hydrogens (tertiary/aromatic N) is 1. The monoisotopic (exact) mass is 501 g/mol. The van der Waals surface area contributed by atoms with Crippen LogP contribution in [0.25, 0.3) is 33.3 Å². The lowest BCUT2D eigenvalue weighted by Crippen LogP contribution is -2.21. The quantitative estimate of drug-likeness (QED) is 0.334. The fourth-order valence-corrected chi connectivity index (χ4v) is 4.33. The molecule has 0 radical (unpaired) electrons. The maximum atomic E-state index is 13.0. The normalized spacial score (nSPS) is 11.5. The number of carbonyl (C=O) groups excluding carboxylic acids is 2. The van der Waals surface area contributed by atoms with E-state index in [1.807, 2.05) is 48.5 Å². The lowest BCUT2D eigenvalue weighted by Gasteiger charge is -2.10. The summed E-state index contributed by atoms with van der Waals surface area (Å²) in [5.41, 5.74) is 2.52. The highest BCUT2D eigenvalue weighted by molar-refractivity contribution is 7.89. The van der Waals surface area contributed by atoms with Crippen molar-refractivity contribution in [1.82, 2.24) is 4.98 Å². The predicted molar refractivity (Wildman–Crippen MR) is 134 cm³/mol. The van der Waals surface area contributed by atoms with Crippen molar-refractivity contribution in [2.75, 3.05) is 11.9 Å². The van der Waals surface area contributed by atoms with Gasteiger partial charge in [-0.25, -0.2) is 23.3 Å². The number of para-hydroxylation sites is 2. The second-order valence-electron chi connectivity index (χ2n) is 7.89. The molecule has 10 heteroatoms. The number of fused-ring (bicyclic) bond motifs is 2. The smallest absolute Gasteiger partial charge is 0.339 e. The number of ether oxygens (including phenoxy) is 1. The number of primary sulfonamides is 1. The van der Waals surface area contributed by atoms with Crippen LogP contribution in [0.2, 0.25) is 0 Å². The van der Waals surface area contributed by atoms with Gasteiger partial charge in [0, 0.05) is 16.6 Å². The minimum absolute atomic E-state index is 0.0855. The van der Waals surface area contributed by atoms with Crippen LogP contribution in [0.3, 0.4) is 0 Å². The molecule has 0 aliphatic rings. The summed E-state index contributed by atoms with van der Waals surface area (Å²) in [6, 6.07) is 23.4. The van der Waals surface area contributed by atoms with Gasteiger partial charge in [0.1, 0.15) is 5.52 Å². The number of aromatic nitrogens is 1. The molecule has 1 aromatic heterocycles. The second-order valence-corrected chi connectivity index (χ2v) is 9.45. The molecule has 0 saturated carbocycles. The maximum Gasteiger partial charge on any atom is 0.339 e. The average Bonchev–Trinajstić information content (AvgIpc) is 3.30. The van der Waals surface area contributed by atoms with Crippen LogP contribution in [-0.4, -0.2) is 31.9 Å². The number of nitrogens with two attached hydrogens (primary N) is 1. The Bertz CT molecular complexity index is 1690. The van der Waals surface area contributed by atoms with E-state index in [0.717, 1.165) is 5.39 Å². The summed E-state index contributed by atoms with van der Waals surface area (Å²) in [5, 5.41) is 8.98.